The summed E-state index contributed by atoms with van der Waals surface area (Å²) in [5.41, 5.74) is 2.20. The number of hydrogen-bond acceptors (Lipinski definition) is 2. The number of carbonyl (C=O) groups is 2. The molecule has 2 aromatic carbocycles. The minimum atomic E-state index is -0.617. The van der Waals surface area contributed by atoms with E-state index in [-0.39, 0.29) is 11.5 Å². The van der Waals surface area contributed by atoms with Gasteiger partial charge in [-0.2, -0.15) is 0 Å². The minimum absolute atomic E-state index is 0.0324. The van der Waals surface area contributed by atoms with E-state index in [1.165, 1.54) is 18.2 Å². The van der Waals surface area contributed by atoms with Crippen molar-refractivity contribution >= 4 is 11.8 Å². The molecule has 1 atom stereocenters. The molecule has 2 amide bonds. The molecule has 1 saturated heterocycles. The average molecular weight is 354 g/mol. The number of aryl methyl sites for hydroxylation is 1. The van der Waals surface area contributed by atoms with Crippen molar-refractivity contribution in [1.29, 1.82) is 0 Å². The molecular weight excluding hydrogens is 331 g/mol. The number of rotatable bonds is 4. The van der Waals surface area contributed by atoms with Crippen molar-refractivity contribution in [3.63, 3.8) is 0 Å². The van der Waals surface area contributed by atoms with Gasteiger partial charge in [-0.1, -0.05) is 36.4 Å². The Morgan fingerprint density at radius 3 is 2.65 bits per heavy atom. The van der Waals surface area contributed by atoms with Gasteiger partial charge in [0, 0.05) is 13.1 Å². The van der Waals surface area contributed by atoms with Gasteiger partial charge in [0.25, 0.3) is 5.91 Å². The molecule has 4 nitrogen and oxygen atoms in total. The van der Waals surface area contributed by atoms with Gasteiger partial charge in [-0.3, -0.25) is 9.59 Å². The predicted molar refractivity (Wildman–Crippen MR) is 98.1 cm³/mol. The summed E-state index contributed by atoms with van der Waals surface area (Å²) >= 11 is 0. The number of hydrogen-bond donors (Lipinski definition) is 1. The maximum Gasteiger partial charge on any atom is 0.254 e. The third kappa shape index (κ3) is 4.10. The highest BCUT2D eigenvalue weighted by Gasteiger charge is 2.29. The fraction of sp³-hybridized carbons (Fsp3) is 0.333. The number of likely N-dealkylation sites (tertiary alicyclic amines) is 1. The summed E-state index contributed by atoms with van der Waals surface area (Å²) in [4.78, 5) is 27.1. The second-order valence-electron chi connectivity index (χ2n) is 6.69. The van der Waals surface area contributed by atoms with E-state index in [1.54, 1.807) is 11.0 Å². The van der Waals surface area contributed by atoms with Crippen LogP contribution in [0.15, 0.2) is 48.5 Å². The van der Waals surface area contributed by atoms with Crippen LogP contribution in [-0.4, -0.2) is 29.3 Å². The highest BCUT2D eigenvalue weighted by atomic mass is 19.1. The van der Waals surface area contributed by atoms with E-state index >= 15 is 0 Å². The van der Waals surface area contributed by atoms with E-state index in [0.29, 0.717) is 19.5 Å². The van der Waals surface area contributed by atoms with Gasteiger partial charge in [-0.05, 0) is 49.4 Å². The summed E-state index contributed by atoms with van der Waals surface area (Å²) in [6.45, 7) is 3.21. The lowest BCUT2D eigenvalue weighted by Crippen LogP contribution is -2.47. The Morgan fingerprint density at radius 2 is 1.88 bits per heavy atom. The molecule has 0 aliphatic carbocycles. The topological polar surface area (TPSA) is 49.4 Å². The monoisotopic (exact) mass is 354 g/mol. The van der Waals surface area contributed by atoms with Crippen molar-refractivity contribution in [2.45, 2.75) is 38.8 Å². The smallest absolute Gasteiger partial charge is 0.254 e. The van der Waals surface area contributed by atoms with Crippen LogP contribution in [0.25, 0.3) is 0 Å². The van der Waals surface area contributed by atoms with Crippen LogP contribution in [0.2, 0.25) is 0 Å². The number of nitrogens with zero attached hydrogens (tertiary/aromatic N) is 1. The van der Waals surface area contributed by atoms with Crippen LogP contribution in [0.3, 0.4) is 0 Å². The quantitative estimate of drug-likeness (QED) is 0.914. The Labute approximate surface area is 153 Å². The molecule has 1 fully saturated rings. The Morgan fingerprint density at radius 1 is 1.15 bits per heavy atom. The first kappa shape index (κ1) is 18.1. The molecule has 2 aromatic rings. The molecule has 0 aromatic heterocycles. The van der Waals surface area contributed by atoms with Crippen molar-refractivity contribution < 1.29 is 14.0 Å². The number of amides is 2. The zero-order valence-electron chi connectivity index (χ0n) is 14.9. The zero-order valence-corrected chi connectivity index (χ0v) is 14.9. The molecule has 5 heteroatoms. The first-order valence-corrected chi connectivity index (χ1v) is 8.95. The summed E-state index contributed by atoms with van der Waals surface area (Å²) in [5.74, 6) is -1.22. The SMILES string of the molecule is Cc1ccccc1CN1CCCCC(NC(=O)c2ccccc2F)C1=O. The second kappa shape index (κ2) is 8.13. The number of benzene rings is 2. The maximum absolute atomic E-state index is 13.8. The summed E-state index contributed by atoms with van der Waals surface area (Å²) in [7, 11) is 0. The van der Waals surface area contributed by atoms with Gasteiger partial charge in [0.1, 0.15) is 11.9 Å². The molecule has 0 saturated carbocycles. The van der Waals surface area contributed by atoms with Gasteiger partial charge in [-0.25, -0.2) is 4.39 Å². The first-order valence-electron chi connectivity index (χ1n) is 8.95. The lowest BCUT2D eigenvalue weighted by Gasteiger charge is -2.25. The second-order valence-corrected chi connectivity index (χ2v) is 6.69. The maximum atomic E-state index is 13.8. The third-order valence-electron chi connectivity index (χ3n) is 4.83. The van der Waals surface area contributed by atoms with Gasteiger partial charge in [0.2, 0.25) is 5.91 Å². The van der Waals surface area contributed by atoms with Crippen molar-refractivity contribution in [1.82, 2.24) is 10.2 Å². The van der Waals surface area contributed by atoms with Gasteiger partial charge in [0.05, 0.1) is 5.56 Å². The lowest BCUT2D eigenvalue weighted by atomic mass is 10.1. The van der Waals surface area contributed by atoms with Crippen LogP contribution in [0.1, 0.15) is 40.7 Å². The van der Waals surface area contributed by atoms with Crippen molar-refractivity contribution in [2.75, 3.05) is 6.54 Å². The number of nitrogens with one attached hydrogen (secondary N) is 1. The molecule has 136 valence electrons. The van der Waals surface area contributed by atoms with E-state index in [4.69, 9.17) is 0 Å². The van der Waals surface area contributed by atoms with E-state index < -0.39 is 17.8 Å². The van der Waals surface area contributed by atoms with Crippen LogP contribution in [0, 0.1) is 12.7 Å². The standard InChI is InChI=1S/C21H23FN2O2/c1-15-8-2-3-9-16(15)14-24-13-7-6-12-19(21(24)26)23-20(25)17-10-4-5-11-18(17)22/h2-5,8-11,19H,6-7,12-14H2,1H3,(H,23,25). The largest absolute Gasteiger partial charge is 0.340 e. The number of carbonyl (C=O) groups excluding carboxylic acids is 2. The molecular formula is C21H23FN2O2. The van der Waals surface area contributed by atoms with Crippen LogP contribution >= 0.6 is 0 Å². The Bertz CT molecular complexity index is 806. The molecule has 1 aliphatic rings. The van der Waals surface area contributed by atoms with Gasteiger partial charge in [0.15, 0.2) is 0 Å². The summed E-state index contributed by atoms with van der Waals surface area (Å²) in [5, 5.41) is 2.73. The van der Waals surface area contributed by atoms with E-state index in [9.17, 15) is 14.0 Å². The predicted octanol–water partition coefficient (Wildman–Crippen LogP) is 3.45. The van der Waals surface area contributed by atoms with Gasteiger partial charge in [-0.15, -0.1) is 0 Å². The minimum Gasteiger partial charge on any atom is -0.340 e. The molecule has 0 bridgehead atoms. The summed E-state index contributed by atoms with van der Waals surface area (Å²) < 4.78 is 13.8. The molecule has 1 N–H and O–H groups in total. The zero-order chi connectivity index (χ0) is 18.5. The molecule has 0 radical (unpaired) electrons. The third-order valence-corrected chi connectivity index (χ3v) is 4.83. The molecule has 1 heterocycles. The van der Waals surface area contributed by atoms with Crippen molar-refractivity contribution in [3.05, 3.63) is 71.0 Å². The summed E-state index contributed by atoms with van der Waals surface area (Å²) in [6.07, 6.45) is 2.31. The van der Waals surface area contributed by atoms with E-state index in [1.807, 2.05) is 31.2 Å². The Kier molecular flexibility index (Phi) is 5.66. The molecule has 1 unspecified atom stereocenters. The van der Waals surface area contributed by atoms with Gasteiger partial charge < -0.3 is 10.2 Å². The normalized spacial score (nSPS) is 17.7. The first-order chi connectivity index (χ1) is 12.6. The molecule has 3 rings (SSSR count). The molecule has 1 aliphatic heterocycles. The number of halogens is 1. The molecule has 26 heavy (non-hydrogen) atoms. The molecule has 0 spiro atoms. The Balaban J connectivity index is 1.73. The van der Waals surface area contributed by atoms with Gasteiger partial charge >= 0.3 is 0 Å². The average Bonchev–Trinajstić information content (AvgIpc) is 2.80. The Hall–Kier alpha value is -2.69. The van der Waals surface area contributed by atoms with Crippen molar-refractivity contribution in [3.8, 4) is 0 Å². The van der Waals surface area contributed by atoms with E-state index in [0.717, 1.165) is 24.0 Å². The van der Waals surface area contributed by atoms with Crippen LogP contribution in [0.5, 0.6) is 0 Å². The highest BCUT2D eigenvalue weighted by Crippen LogP contribution is 2.18. The van der Waals surface area contributed by atoms with Crippen LogP contribution in [-0.2, 0) is 11.3 Å². The van der Waals surface area contributed by atoms with Crippen molar-refractivity contribution in [2.24, 2.45) is 0 Å². The van der Waals surface area contributed by atoms with Crippen LogP contribution < -0.4 is 5.32 Å². The highest BCUT2D eigenvalue weighted by molar-refractivity contribution is 5.97. The van der Waals surface area contributed by atoms with E-state index in [2.05, 4.69) is 5.32 Å². The van der Waals surface area contributed by atoms with Crippen LogP contribution in [0.4, 0.5) is 4.39 Å². The lowest BCUT2D eigenvalue weighted by molar-refractivity contribution is -0.133. The fourth-order valence-electron chi connectivity index (χ4n) is 3.27. The summed E-state index contributed by atoms with van der Waals surface area (Å²) in [6, 6.07) is 13.2. The fourth-order valence-corrected chi connectivity index (χ4v) is 3.27.